The number of nitrogens with zero attached hydrogens (tertiary/aromatic N) is 1. The average molecular weight is 383 g/mol. The molecule has 6 heteroatoms. The molecule has 3 heterocycles. The maximum absolute atomic E-state index is 6.64. The highest BCUT2D eigenvalue weighted by Gasteiger charge is 2.54. The van der Waals surface area contributed by atoms with Crippen LogP contribution >= 0.6 is 0 Å². The number of benzene rings is 4. The first-order valence-corrected chi connectivity index (χ1v) is 10.4. The van der Waals surface area contributed by atoms with Crippen LogP contribution in [0, 0.1) is 0 Å². The lowest BCUT2D eigenvalue weighted by Gasteiger charge is -2.49. The van der Waals surface area contributed by atoms with Crippen molar-refractivity contribution in [1.82, 2.24) is 0 Å². The van der Waals surface area contributed by atoms with E-state index in [0.717, 1.165) is 5.46 Å². The Morgan fingerprint density at radius 3 is 1.60 bits per heavy atom. The van der Waals surface area contributed by atoms with Crippen LogP contribution in [-0.2, 0) is 9.14 Å². The minimum atomic E-state index is -0.426. The molecule has 0 unspecified atom stereocenters. The van der Waals surface area contributed by atoms with Gasteiger partial charge in [-0.25, -0.2) is 0 Å². The molecule has 0 aliphatic carbocycles. The molecule has 0 spiro atoms. The summed E-state index contributed by atoms with van der Waals surface area (Å²) in [6, 6.07) is 34.0. The minimum absolute atomic E-state index is 0.202. The second kappa shape index (κ2) is 6.15. The van der Waals surface area contributed by atoms with Gasteiger partial charge in [0.25, 0.3) is 0 Å². The molecule has 0 radical (unpaired) electrons. The quantitative estimate of drug-likeness (QED) is 0.472. The number of fused-ring (bicyclic) bond motifs is 6. The highest BCUT2D eigenvalue weighted by Crippen LogP contribution is 2.46. The molecular formula is C24H16B3NO2. The molecule has 138 valence electrons. The van der Waals surface area contributed by atoms with E-state index in [1.807, 2.05) is 18.2 Å². The van der Waals surface area contributed by atoms with Crippen LogP contribution in [0.3, 0.4) is 0 Å². The summed E-state index contributed by atoms with van der Waals surface area (Å²) in [6.45, 7) is 0. The van der Waals surface area contributed by atoms with Crippen LogP contribution in [0.5, 0.6) is 0 Å². The summed E-state index contributed by atoms with van der Waals surface area (Å²) in [5.74, 6) is 0. The third-order valence-corrected chi connectivity index (χ3v) is 6.41. The summed E-state index contributed by atoms with van der Waals surface area (Å²) < 4.78 is 15.6. The van der Waals surface area contributed by atoms with Crippen LogP contribution in [0.2, 0.25) is 0 Å². The maximum Gasteiger partial charge on any atom is 0.466 e. The molecule has 0 bridgehead atoms. The van der Waals surface area contributed by atoms with E-state index in [-0.39, 0.29) is 14.1 Å². The van der Waals surface area contributed by atoms with Crippen molar-refractivity contribution < 1.29 is 9.14 Å². The van der Waals surface area contributed by atoms with Crippen molar-refractivity contribution in [2.24, 2.45) is 0 Å². The Morgan fingerprint density at radius 2 is 1.00 bits per heavy atom. The molecule has 0 atom stereocenters. The fourth-order valence-corrected chi connectivity index (χ4v) is 5.14. The predicted molar refractivity (Wildman–Crippen MR) is 125 cm³/mol. The van der Waals surface area contributed by atoms with Crippen molar-refractivity contribution in [1.29, 1.82) is 0 Å². The minimum Gasteiger partial charge on any atom is -0.450 e. The third-order valence-electron chi connectivity index (χ3n) is 6.41. The Bertz CT molecular complexity index is 1220. The average Bonchev–Trinajstić information content (AvgIpc) is 2.84. The Kier molecular flexibility index (Phi) is 3.40. The van der Waals surface area contributed by atoms with Crippen molar-refractivity contribution >= 4 is 43.3 Å². The van der Waals surface area contributed by atoms with Crippen molar-refractivity contribution in [2.45, 2.75) is 0 Å². The van der Waals surface area contributed by atoms with Gasteiger partial charge in [0.1, 0.15) is 0 Å². The fourth-order valence-electron chi connectivity index (χ4n) is 5.14. The van der Waals surface area contributed by atoms with E-state index in [1.165, 1.54) is 38.9 Å². The Morgan fingerprint density at radius 1 is 0.500 bits per heavy atom. The van der Waals surface area contributed by atoms with Gasteiger partial charge in [-0.1, -0.05) is 97.1 Å². The van der Waals surface area contributed by atoms with Gasteiger partial charge in [-0.05, 0) is 27.5 Å². The van der Waals surface area contributed by atoms with E-state index in [9.17, 15) is 0 Å². The zero-order valence-electron chi connectivity index (χ0n) is 16.2. The van der Waals surface area contributed by atoms with Crippen LogP contribution in [-0.4, -0.2) is 21.2 Å². The van der Waals surface area contributed by atoms with Gasteiger partial charge in [-0.2, -0.15) is 0 Å². The molecule has 0 saturated carbocycles. The van der Waals surface area contributed by atoms with E-state index in [0.29, 0.717) is 0 Å². The van der Waals surface area contributed by atoms with Gasteiger partial charge < -0.3 is 13.9 Å². The number of hydrogen-bond donors (Lipinski definition) is 0. The van der Waals surface area contributed by atoms with E-state index < -0.39 is 7.12 Å². The van der Waals surface area contributed by atoms with Crippen molar-refractivity contribution in [3.63, 3.8) is 0 Å². The van der Waals surface area contributed by atoms with Crippen LogP contribution in [0.1, 0.15) is 0 Å². The molecule has 4 aromatic carbocycles. The molecule has 0 amide bonds. The summed E-state index contributed by atoms with van der Waals surface area (Å²) in [5, 5.41) is 0. The predicted octanol–water partition coefficient (Wildman–Crippen LogP) is 2.69. The molecule has 0 aromatic heterocycles. The normalized spacial score (nSPS) is 15.5. The Balaban J connectivity index is 1.52. The molecule has 30 heavy (non-hydrogen) atoms. The molecule has 3 aliphatic heterocycles. The van der Waals surface area contributed by atoms with E-state index >= 15 is 0 Å². The SMILES string of the molecule is c1ccc(B2OB3c4ccccc4-c4cccc5c4N3B(O2)c2ccccc2-5)cc1. The second-order valence-electron chi connectivity index (χ2n) is 8.00. The summed E-state index contributed by atoms with van der Waals surface area (Å²) in [4.78, 5) is 0. The van der Waals surface area contributed by atoms with Crippen LogP contribution in [0.4, 0.5) is 5.69 Å². The molecule has 4 aromatic rings. The van der Waals surface area contributed by atoms with E-state index in [1.54, 1.807) is 0 Å². The van der Waals surface area contributed by atoms with Gasteiger partial charge in [0.15, 0.2) is 0 Å². The van der Waals surface area contributed by atoms with Crippen LogP contribution < -0.4 is 21.1 Å². The highest BCUT2D eigenvalue weighted by molar-refractivity contribution is 7.00. The lowest BCUT2D eigenvalue weighted by atomic mass is 9.47. The number of hydrogen-bond acceptors (Lipinski definition) is 3. The number of anilines is 1. The second-order valence-corrected chi connectivity index (χ2v) is 8.00. The number of para-hydroxylation sites is 1. The standard InChI is InChI=1S/C24H16B3NO2/c1-2-9-17(10-3-1)27-29-25-22-15-6-4-11-18(22)20-13-8-14-21-19-12-5-7-16-23(19)26(30-27)28(25)24(20)21/h1-16H. The van der Waals surface area contributed by atoms with Gasteiger partial charge in [0.05, 0.1) is 0 Å². The lowest BCUT2D eigenvalue weighted by molar-refractivity contribution is 0.437. The van der Waals surface area contributed by atoms with Gasteiger partial charge >= 0.3 is 21.2 Å². The Hall–Kier alpha value is -3.21. The number of rotatable bonds is 1. The van der Waals surface area contributed by atoms with Crippen molar-refractivity contribution in [3.8, 4) is 22.3 Å². The van der Waals surface area contributed by atoms with Crippen LogP contribution in [0.15, 0.2) is 97.1 Å². The monoisotopic (exact) mass is 383 g/mol. The van der Waals surface area contributed by atoms with E-state index in [2.05, 4.69) is 83.6 Å². The molecule has 7 rings (SSSR count). The van der Waals surface area contributed by atoms with E-state index in [4.69, 9.17) is 9.14 Å². The van der Waals surface area contributed by atoms with Gasteiger partial charge in [-0.15, -0.1) is 0 Å². The molecule has 1 fully saturated rings. The lowest BCUT2D eigenvalue weighted by Crippen LogP contribution is -2.74. The first kappa shape index (κ1) is 16.6. The molecular weight excluding hydrogens is 367 g/mol. The van der Waals surface area contributed by atoms with Crippen LogP contribution in [0.25, 0.3) is 22.3 Å². The summed E-state index contributed by atoms with van der Waals surface area (Å²) in [6.07, 6.45) is 0. The Labute approximate surface area is 176 Å². The first-order valence-electron chi connectivity index (χ1n) is 10.4. The summed E-state index contributed by atoms with van der Waals surface area (Å²) >= 11 is 0. The van der Waals surface area contributed by atoms with Crippen molar-refractivity contribution in [2.75, 3.05) is 4.72 Å². The zero-order chi connectivity index (χ0) is 19.7. The highest BCUT2D eigenvalue weighted by atomic mass is 16.6. The third kappa shape index (κ3) is 2.15. The zero-order valence-corrected chi connectivity index (χ0v) is 16.2. The van der Waals surface area contributed by atoms with Crippen molar-refractivity contribution in [3.05, 3.63) is 97.1 Å². The topological polar surface area (TPSA) is 21.7 Å². The van der Waals surface area contributed by atoms with Gasteiger partial charge in [-0.3, -0.25) is 0 Å². The smallest absolute Gasteiger partial charge is 0.450 e. The maximum atomic E-state index is 6.64. The largest absolute Gasteiger partial charge is 0.466 e. The summed E-state index contributed by atoms with van der Waals surface area (Å²) in [5.41, 5.74) is 9.58. The first-order chi connectivity index (χ1) is 14.9. The fraction of sp³-hybridized carbons (Fsp3) is 0. The molecule has 0 N–H and O–H groups in total. The summed E-state index contributed by atoms with van der Waals surface area (Å²) in [7, 11) is -0.829. The molecule has 1 saturated heterocycles. The van der Waals surface area contributed by atoms with Gasteiger partial charge in [0.2, 0.25) is 0 Å². The molecule has 3 nitrogen and oxygen atoms in total. The van der Waals surface area contributed by atoms with Gasteiger partial charge in [0, 0.05) is 16.8 Å². The molecule has 3 aliphatic rings.